The van der Waals surface area contributed by atoms with Crippen molar-refractivity contribution in [3.63, 3.8) is 0 Å². The highest BCUT2D eigenvalue weighted by molar-refractivity contribution is 5.93. The number of rotatable bonds is 7. The number of aliphatic carboxylic acids is 1. The number of hydrogen-bond donors (Lipinski definition) is 2. The van der Waals surface area contributed by atoms with E-state index in [1.807, 2.05) is 67.7 Å². The van der Waals surface area contributed by atoms with E-state index in [-0.39, 0.29) is 12.3 Å². The number of carboxylic acids is 1. The summed E-state index contributed by atoms with van der Waals surface area (Å²) in [5.41, 5.74) is 2.77. The molecule has 6 nitrogen and oxygen atoms in total. The molecule has 3 rings (SSSR count). The van der Waals surface area contributed by atoms with Crippen molar-refractivity contribution in [2.75, 3.05) is 5.32 Å². The lowest BCUT2D eigenvalue weighted by atomic mass is 9.95. The summed E-state index contributed by atoms with van der Waals surface area (Å²) < 4.78 is 1.79. The SMILES string of the molecule is Cn1c(-c2ccccc2)cnc1NC(=O)C(CC(=O)O)Cc1ccccc1. The van der Waals surface area contributed by atoms with Crippen LogP contribution in [-0.4, -0.2) is 26.5 Å². The summed E-state index contributed by atoms with van der Waals surface area (Å²) in [5, 5.41) is 12.0. The molecule has 138 valence electrons. The molecule has 3 aromatic rings. The molecule has 1 heterocycles. The van der Waals surface area contributed by atoms with Gasteiger partial charge in [-0.3, -0.25) is 14.9 Å². The number of anilines is 1. The Labute approximate surface area is 157 Å². The highest BCUT2D eigenvalue weighted by atomic mass is 16.4. The Balaban J connectivity index is 1.77. The van der Waals surface area contributed by atoms with Gasteiger partial charge in [0.2, 0.25) is 11.9 Å². The number of imidazole rings is 1. The fourth-order valence-electron chi connectivity index (χ4n) is 2.98. The molecule has 6 heteroatoms. The van der Waals surface area contributed by atoms with Crippen LogP contribution in [0.4, 0.5) is 5.95 Å². The number of aromatic nitrogens is 2. The van der Waals surface area contributed by atoms with Crippen molar-refractivity contribution < 1.29 is 14.7 Å². The van der Waals surface area contributed by atoms with Gasteiger partial charge < -0.3 is 9.67 Å². The van der Waals surface area contributed by atoms with Crippen LogP contribution in [0, 0.1) is 5.92 Å². The lowest BCUT2D eigenvalue weighted by molar-refractivity contribution is -0.140. The molecule has 0 bridgehead atoms. The van der Waals surface area contributed by atoms with E-state index in [0.717, 1.165) is 16.8 Å². The maximum Gasteiger partial charge on any atom is 0.304 e. The molecule has 2 aromatic carbocycles. The van der Waals surface area contributed by atoms with E-state index in [1.165, 1.54) is 0 Å². The molecule has 0 fully saturated rings. The summed E-state index contributed by atoms with van der Waals surface area (Å²) in [4.78, 5) is 28.2. The van der Waals surface area contributed by atoms with Crippen LogP contribution >= 0.6 is 0 Å². The van der Waals surface area contributed by atoms with E-state index in [9.17, 15) is 14.7 Å². The van der Waals surface area contributed by atoms with Gasteiger partial charge in [0.15, 0.2) is 0 Å². The summed E-state index contributed by atoms with van der Waals surface area (Å²) in [6.07, 6.45) is 1.81. The Morgan fingerprint density at radius 3 is 2.33 bits per heavy atom. The van der Waals surface area contributed by atoms with Gasteiger partial charge in [-0.1, -0.05) is 60.7 Å². The van der Waals surface area contributed by atoms with E-state index < -0.39 is 11.9 Å². The molecule has 0 aliphatic heterocycles. The normalized spacial score (nSPS) is 11.7. The summed E-state index contributed by atoms with van der Waals surface area (Å²) in [6, 6.07) is 19.1. The quantitative estimate of drug-likeness (QED) is 0.674. The highest BCUT2D eigenvalue weighted by Crippen LogP contribution is 2.22. The summed E-state index contributed by atoms with van der Waals surface area (Å²) in [6.45, 7) is 0. The number of benzene rings is 2. The Kier molecular flexibility index (Phi) is 5.66. The van der Waals surface area contributed by atoms with E-state index in [0.29, 0.717) is 12.4 Å². The van der Waals surface area contributed by atoms with Crippen molar-refractivity contribution in [2.24, 2.45) is 13.0 Å². The minimum absolute atomic E-state index is 0.239. The van der Waals surface area contributed by atoms with Gasteiger partial charge in [0, 0.05) is 7.05 Å². The molecule has 0 aliphatic carbocycles. The van der Waals surface area contributed by atoms with Gasteiger partial charge in [0.05, 0.1) is 24.2 Å². The maximum atomic E-state index is 12.7. The van der Waals surface area contributed by atoms with Crippen LogP contribution < -0.4 is 5.32 Å². The number of hydrogen-bond acceptors (Lipinski definition) is 3. The zero-order chi connectivity index (χ0) is 19.2. The first-order valence-electron chi connectivity index (χ1n) is 8.68. The fourth-order valence-corrected chi connectivity index (χ4v) is 2.98. The van der Waals surface area contributed by atoms with Gasteiger partial charge in [-0.2, -0.15) is 0 Å². The number of carbonyl (C=O) groups excluding carboxylic acids is 1. The van der Waals surface area contributed by atoms with Crippen LogP contribution in [0.15, 0.2) is 66.9 Å². The predicted octanol–water partition coefficient (Wildman–Crippen LogP) is 3.36. The number of carbonyl (C=O) groups is 2. The first-order chi connectivity index (χ1) is 13.0. The van der Waals surface area contributed by atoms with Crippen molar-refractivity contribution in [1.82, 2.24) is 9.55 Å². The average Bonchev–Trinajstić information content (AvgIpc) is 3.03. The Morgan fingerprint density at radius 2 is 1.70 bits per heavy atom. The highest BCUT2D eigenvalue weighted by Gasteiger charge is 2.23. The summed E-state index contributed by atoms with van der Waals surface area (Å²) in [7, 11) is 1.81. The number of nitrogens with zero attached hydrogens (tertiary/aromatic N) is 2. The van der Waals surface area contributed by atoms with Crippen LogP contribution in [0.2, 0.25) is 0 Å². The van der Waals surface area contributed by atoms with Crippen molar-refractivity contribution in [3.05, 3.63) is 72.4 Å². The lowest BCUT2D eigenvalue weighted by Crippen LogP contribution is -2.28. The number of carboxylic acid groups (broad SMARTS) is 1. The van der Waals surface area contributed by atoms with Crippen molar-refractivity contribution >= 4 is 17.8 Å². The van der Waals surface area contributed by atoms with E-state index in [2.05, 4.69) is 10.3 Å². The molecule has 0 saturated carbocycles. The standard InChI is InChI=1S/C21H21N3O3/c1-24-18(16-10-6-3-7-11-16)14-22-21(24)23-20(27)17(13-19(25)26)12-15-8-4-2-5-9-15/h2-11,14,17H,12-13H2,1H3,(H,25,26)(H,22,23,27). The van der Waals surface area contributed by atoms with E-state index >= 15 is 0 Å². The van der Waals surface area contributed by atoms with E-state index in [1.54, 1.807) is 10.8 Å². The van der Waals surface area contributed by atoms with Crippen LogP contribution in [0.25, 0.3) is 11.3 Å². The van der Waals surface area contributed by atoms with Gasteiger partial charge in [0.1, 0.15) is 0 Å². The lowest BCUT2D eigenvalue weighted by Gasteiger charge is -2.15. The molecule has 1 aromatic heterocycles. The molecule has 0 radical (unpaired) electrons. The molecule has 1 atom stereocenters. The van der Waals surface area contributed by atoms with E-state index in [4.69, 9.17) is 0 Å². The number of amides is 1. The van der Waals surface area contributed by atoms with Gasteiger partial charge >= 0.3 is 5.97 Å². The Hall–Kier alpha value is -3.41. The summed E-state index contributed by atoms with van der Waals surface area (Å²) >= 11 is 0. The molecule has 0 aliphatic rings. The third kappa shape index (κ3) is 4.61. The second-order valence-corrected chi connectivity index (χ2v) is 6.37. The minimum Gasteiger partial charge on any atom is -0.481 e. The molecule has 0 spiro atoms. The van der Waals surface area contributed by atoms with Crippen LogP contribution in [0.1, 0.15) is 12.0 Å². The summed E-state index contributed by atoms with van der Waals surface area (Å²) in [5.74, 6) is -1.64. The van der Waals surface area contributed by atoms with Crippen molar-refractivity contribution in [2.45, 2.75) is 12.8 Å². The second-order valence-electron chi connectivity index (χ2n) is 6.37. The number of nitrogens with one attached hydrogen (secondary N) is 1. The molecule has 1 unspecified atom stereocenters. The minimum atomic E-state index is -1.00. The van der Waals surface area contributed by atoms with Crippen LogP contribution in [-0.2, 0) is 23.1 Å². The fraction of sp³-hybridized carbons (Fsp3) is 0.190. The Morgan fingerprint density at radius 1 is 1.07 bits per heavy atom. The zero-order valence-corrected chi connectivity index (χ0v) is 15.0. The first kappa shape index (κ1) is 18.4. The maximum absolute atomic E-state index is 12.7. The molecular formula is C21H21N3O3. The zero-order valence-electron chi connectivity index (χ0n) is 15.0. The van der Waals surface area contributed by atoms with Crippen LogP contribution in [0.5, 0.6) is 0 Å². The molecular weight excluding hydrogens is 342 g/mol. The van der Waals surface area contributed by atoms with Gasteiger partial charge in [-0.15, -0.1) is 0 Å². The largest absolute Gasteiger partial charge is 0.481 e. The third-order valence-electron chi connectivity index (χ3n) is 4.41. The van der Waals surface area contributed by atoms with Gasteiger partial charge in [-0.05, 0) is 17.5 Å². The topological polar surface area (TPSA) is 84.2 Å². The molecule has 0 saturated heterocycles. The smallest absolute Gasteiger partial charge is 0.304 e. The monoisotopic (exact) mass is 363 g/mol. The van der Waals surface area contributed by atoms with Gasteiger partial charge in [-0.25, -0.2) is 4.98 Å². The molecule has 2 N–H and O–H groups in total. The van der Waals surface area contributed by atoms with Crippen molar-refractivity contribution in [3.8, 4) is 11.3 Å². The molecule has 27 heavy (non-hydrogen) atoms. The van der Waals surface area contributed by atoms with Crippen LogP contribution in [0.3, 0.4) is 0 Å². The predicted molar refractivity (Wildman–Crippen MR) is 103 cm³/mol. The average molecular weight is 363 g/mol. The van der Waals surface area contributed by atoms with Crippen molar-refractivity contribution in [1.29, 1.82) is 0 Å². The third-order valence-corrected chi connectivity index (χ3v) is 4.41. The first-order valence-corrected chi connectivity index (χ1v) is 8.68. The Bertz CT molecular complexity index is 920. The second kappa shape index (κ2) is 8.31. The molecule has 1 amide bonds. The van der Waals surface area contributed by atoms with Gasteiger partial charge in [0.25, 0.3) is 0 Å².